The summed E-state index contributed by atoms with van der Waals surface area (Å²) < 4.78 is 51.1. The van der Waals surface area contributed by atoms with Gasteiger partial charge in [-0.25, -0.2) is 9.67 Å². The van der Waals surface area contributed by atoms with E-state index in [1.807, 2.05) is 20.2 Å². The van der Waals surface area contributed by atoms with Crippen molar-refractivity contribution in [3.8, 4) is 11.7 Å². The van der Waals surface area contributed by atoms with Crippen molar-refractivity contribution in [3.63, 3.8) is 0 Å². The Bertz CT molecular complexity index is 1390. The van der Waals surface area contributed by atoms with Gasteiger partial charge in [0.15, 0.2) is 5.82 Å². The van der Waals surface area contributed by atoms with Crippen LogP contribution in [0.5, 0.6) is 5.88 Å². The molecule has 1 saturated heterocycles. The van der Waals surface area contributed by atoms with Crippen molar-refractivity contribution in [1.29, 1.82) is 0 Å². The SMILES string of the molecule is Cc1nn(C)cc1SNC(=O)c1ccc(-n2ccc(OCC(C)(C)C(F)(F)F)n2)nc1N1CC(C)(C)CC1(C)C. The van der Waals surface area contributed by atoms with E-state index in [2.05, 4.69) is 47.5 Å². The van der Waals surface area contributed by atoms with Crippen LogP contribution in [0.25, 0.3) is 5.82 Å². The molecule has 3 aromatic rings. The minimum atomic E-state index is -4.41. The Morgan fingerprint density at radius 3 is 2.42 bits per heavy atom. The second-order valence-corrected chi connectivity index (χ2v) is 13.2. The highest BCUT2D eigenvalue weighted by Gasteiger charge is 2.48. The molecule has 4 rings (SSSR count). The quantitative estimate of drug-likeness (QED) is 0.341. The fourth-order valence-electron chi connectivity index (χ4n) is 4.96. The van der Waals surface area contributed by atoms with Gasteiger partial charge in [0, 0.05) is 37.6 Å². The van der Waals surface area contributed by atoms with Crippen LogP contribution in [0.1, 0.15) is 64.0 Å². The molecule has 0 aromatic carbocycles. The lowest BCUT2D eigenvalue weighted by Gasteiger charge is -2.33. The molecule has 0 aliphatic carbocycles. The highest BCUT2D eigenvalue weighted by molar-refractivity contribution is 7.98. The predicted molar refractivity (Wildman–Crippen MR) is 148 cm³/mol. The van der Waals surface area contributed by atoms with Crippen LogP contribution >= 0.6 is 11.9 Å². The number of anilines is 1. The van der Waals surface area contributed by atoms with Crippen molar-refractivity contribution in [2.45, 2.75) is 71.5 Å². The number of halogens is 3. The van der Waals surface area contributed by atoms with Gasteiger partial charge in [-0.1, -0.05) is 13.8 Å². The number of nitrogens with one attached hydrogen (secondary N) is 1. The molecule has 0 radical (unpaired) electrons. The lowest BCUT2D eigenvalue weighted by atomic mass is 9.86. The van der Waals surface area contributed by atoms with Crippen LogP contribution in [-0.2, 0) is 7.05 Å². The van der Waals surface area contributed by atoms with Gasteiger partial charge in [0.05, 0.1) is 21.6 Å². The molecular weight excluding hydrogens is 543 g/mol. The standard InChI is InChI=1S/C27H36F3N7O2S/c1-17-19(13-35(8)32-17)40-34-23(38)18-9-10-20(31-22(18)36-15-24(2,3)14-26(36,6)7)37-12-11-21(33-37)39-16-25(4,5)27(28,29)30/h9-13H,14-16H2,1-8H3,(H,34,38). The summed E-state index contributed by atoms with van der Waals surface area (Å²) in [6, 6.07) is 4.84. The average Bonchev–Trinajstić information content (AvgIpc) is 3.49. The molecule has 0 bridgehead atoms. The molecule has 4 heterocycles. The third-order valence-electron chi connectivity index (χ3n) is 6.96. The molecule has 13 heteroatoms. The molecular formula is C27H36F3N7O2S. The number of hydrogen-bond acceptors (Lipinski definition) is 7. The van der Waals surface area contributed by atoms with E-state index >= 15 is 0 Å². The van der Waals surface area contributed by atoms with Crippen molar-refractivity contribution in [2.75, 3.05) is 18.1 Å². The Kier molecular flexibility index (Phi) is 7.67. The van der Waals surface area contributed by atoms with Crippen LogP contribution in [-0.4, -0.2) is 55.3 Å². The zero-order valence-corrected chi connectivity index (χ0v) is 24.9. The van der Waals surface area contributed by atoms with Crippen molar-refractivity contribution in [1.82, 2.24) is 29.3 Å². The van der Waals surface area contributed by atoms with Gasteiger partial charge in [-0.2, -0.15) is 18.3 Å². The summed E-state index contributed by atoms with van der Waals surface area (Å²) in [5.74, 6) is 0.660. The molecule has 3 aromatic heterocycles. The summed E-state index contributed by atoms with van der Waals surface area (Å²) in [7, 11) is 1.82. The van der Waals surface area contributed by atoms with E-state index in [1.165, 1.54) is 22.7 Å². The Morgan fingerprint density at radius 1 is 1.15 bits per heavy atom. The molecule has 1 fully saturated rings. The van der Waals surface area contributed by atoms with Crippen molar-refractivity contribution in [2.24, 2.45) is 17.9 Å². The van der Waals surface area contributed by atoms with Gasteiger partial charge in [0.2, 0.25) is 5.88 Å². The van der Waals surface area contributed by atoms with E-state index in [9.17, 15) is 18.0 Å². The van der Waals surface area contributed by atoms with E-state index in [1.54, 1.807) is 23.0 Å². The highest BCUT2D eigenvalue weighted by Crippen LogP contribution is 2.44. The molecule has 40 heavy (non-hydrogen) atoms. The zero-order chi connectivity index (χ0) is 29.7. The lowest BCUT2D eigenvalue weighted by Crippen LogP contribution is -2.40. The van der Waals surface area contributed by atoms with Crippen molar-refractivity contribution in [3.05, 3.63) is 41.9 Å². The molecule has 1 aliphatic rings. The second-order valence-electron chi connectivity index (χ2n) is 12.3. The van der Waals surface area contributed by atoms with Gasteiger partial charge in [0.25, 0.3) is 5.91 Å². The van der Waals surface area contributed by atoms with Crippen molar-refractivity contribution >= 4 is 23.7 Å². The van der Waals surface area contributed by atoms with Gasteiger partial charge < -0.3 is 9.64 Å². The van der Waals surface area contributed by atoms with E-state index in [0.29, 0.717) is 23.7 Å². The molecule has 1 aliphatic heterocycles. The first-order valence-electron chi connectivity index (χ1n) is 12.9. The van der Waals surface area contributed by atoms with E-state index < -0.39 is 18.2 Å². The third kappa shape index (κ3) is 6.24. The normalized spacial score (nSPS) is 16.8. The Hall–Kier alpha value is -3.22. The molecule has 0 unspecified atom stereocenters. The lowest BCUT2D eigenvalue weighted by molar-refractivity contribution is -0.219. The molecule has 218 valence electrons. The summed E-state index contributed by atoms with van der Waals surface area (Å²) >= 11 is 1.19. The first-order valence-corrected chi connectivity index (χ1v) is 13.7. The topological polar surface area (TPSA) is 90.1 Å². The summed E-state index contributed by atoms with van der Waals surface area (Å²) in [6.07, 6.45) is -0.109. The maximum absolute atomic E-state index is 13.4. The number of carbonyl (C=O) groups excluding carboxylic acids is 1. The third-order valence-corrected chi connectivity index (χ3v) is 7.87. The van der Waals surface area contributed by atoms with Crippen LogP contribution in [0.3, 0.4) is 0 Å². The molecule has 0 atom stereocenters. The summed E-state index contributed by atoms with van der Waals surface area (Å²) in [5, 5.41) is 8.60. The predicted octanol–water partition coefficient (Wildman–Crippen LogP) is 5.73. The minimum absolute atomic E-state index is 0.00546. The fourth-order valence-corrected chi connectivity index (χ4v) is 5.66. The van der Waals surface area contributed by atoms with Gasteiger partial charge in [-0.3, -0.25) is 14.2 Å². The number of carbonyl (C=O) groups is 1. The first kappa shape index (κ1) is 29.8. The van der Waals surface area contributed by atoms with Gasteiger partial charge in [0.1, 0.15) is 12.4 Å². The maximum atomic E-state index is 13.4. The molecule has 1 amide bonds. The van der Waals surface area contributed by atoms with Gasteiger partial charge >= 0.3 is 6.18 Å². The van der Waals surface area contributed by atoms with Gasteiger partial charge in [-0.05, 0) is 70.5 Å². The number of alkyl halides is 3. The van der Waals surface area contributed by atoms with Crippen LogP contribution in [0, 0.1) is 17.8 Å². The van der Waals surface area contributed by atoms with E-state index in [0.717, 1.165) is 30.9 Å². The highest BCUT2D eigenvalue weighted by atomic mass is 32.2. The second kappa shape index (κ2) is 10.3. The number of ether oxygens (including phenoxy) is 1. The number of nitrogens with zero attached hydrogens (tertiary/aromatic N) is 6. The number of rotatable bonds is 8. The monoisotopic (exact) mass is 579 g/mol. The van der Waals surface area contributed by atoms with Crippen molar-refractivity contribution < 1.29 is 22.7 Å². The summed E-state index contributed by atoms with van der Waals surface area (Å²) in [6.45, 7) is 12.7. The minimum Gasteiger partial charge on any atom is -0.476 e. The maximum Gasteiger partial charge on any atom is 0.397 e. The molecule has 0 spiro atoms. The largest absolute Gasteiger partial charge is 0.476 e. The number of aryl methyl sites for hydroxylation is 2. The fraction of sp³-hybridized carbons (Fsp3) is 0.556. The molecule has 9 nitrogen and oxygen atoms in total. The summed E-state index contributed by atoms with van der Waals surface area (Å²) in [4.78, 5) is 21.3. The number of pyridine rings is 1. The first-order chi connectivity index (χ1) is 18.4. The van der Waals surface area contributed by atoms with Crippen LogP contribution < -0.4 is 14.4 Å². The molecule has 1 N–H and O–H groups in total. The molecule has 0 saturated carbocycles. The Morgan fingerprint density at radius 2 is 1.85 bits per heavy atom. The van der Waals surface area contributed by atoms with Crippen LogP contribution in [0.2, 0.25) is 0 Å². The summed E-state index contributed by atoms with van der Waals surface area (Å²) in [5.41, 5.74) is -1.11. The number of aromatic nitrogens is 5. The van der Waals surface area contributed by atoms with E-state index in [-0.39, 0.29) is 22.7 Å². The van der Waals surface area contributed by atoms with E-state index in [4.69, 9.17) is 9.72 Å². The number of hydrogen-bond donors (Lipinski definition) is 1. The number of amides is 1. The van der Waals surface area contributed by atoms with Crippen LogP contribution in [0.4, 0.5) is 19.0 Å². The zero-order valence-electron chi connectivity index (χ0n) is 24.0. The Balaban J connectivity index is 1.64. The average molecular weight is 580 g/mol. The van der Waals surface area contributed by atoms with Gasteiger partial charge in [-0.15, -0.1) is 5.10 Å². The van der Waals surface area contributed by atoms with Crippen LogP contribution in [0.15, 0.2) is 35.5 Å². The smallest absolute Gasteiger partial charge is 0.397 e. The Labute approximate surface area is 236 Å².